The van der Waals surface area contributed by atoms with Crippen molar-refractivity contribution in [3.63, 3.8) is 0 Å². The van der Waals surface area contributed by atoms with E-state index in [0.717, 1.165) is 24.0 Å². The third kappa shape index (κ3) is 4.25. The molecule has 1 aromatic rings. The highest BCUT2D eigenvalue weighted by molar-refractivity contribution is 9.09. The zero-order valence-corrected chi connectivity index (χ0v) is 13.1. The third-order valence-electron chi connectivity index (χ3n) is 2.77. The Bertz CT molecular complexity index is 449. The fourth-order valence-corrected chi connectivity index (χ4v) is 3.25. The van der Waals surface area contributed by atoms with Crippen LogP contribution >= 0.6 is 27.5 Å². The van der Waals surface area contributed by atoms with Gasteiger partial charge in [-0.15, -0.1) is 0 Å². The first kappa shape index (κ1) is 15.4. The lowest BCUT2D eigenvalue weighted by molar-refractivity contribution is -0.384. The lowest BCUT2D eigenvalue weighted by Gasteiger charge is -2.14. The molecular weight excluding hydrogens is 318 g/mol. The molecule has 1 unspecified atom stereocenters. The summed E-state index contributed by atoms with van der Waals surface area (Å²) in [5.41, 5.74) is 1.96. The van der Waals surface area contributed by atoms with Gasteiger partial charge in [0.25, 0.3) is 5.69 Å². The van der Waals surface area contributed by atoms with E-state index in [9.17, 15) is 10.1 Å². The van der Waals surface area contributed by atoms with Crippen molar-refractivity contribution in [1.29, 1.82) is 0 Å². The molecule has 0 amide bonds. The van der Waals surface area contributed by atoms with Gasteiger partial charge in [-0.3, -0.25) is 10.1 Å². The molecule has 1 atom stereocenters. The van der Waals surface area contributed by atoms with E-state index in [-0.39, 0.29) is 10.7 Å². The molecule has 0 aromatic heterocycles. The van der Waals surface area contributed by atoms with Crippen molar-refractivity contribution in [1.82, 2.24) is 0 Å². The Hall–Kier alpha value is -0.610. The largest absolute Gasteiger partial charge is 0.288 e. The van der Waals surface area contributed by atoms with Crippen LogP contribution in [-0.4, -0.2) is 9.75 Å². The second-order valence-electron chi connectivity index (χ2n) is 4.92. The number of rotatable bonds is 5. The number of hydrogen-bond donors (Lipinski definition) is 0. The van der Waals surface area contributed by atoms with E-state index in [1.807, 2.05) is 6.92 Å². The first-order chi connectivity index (χ1) is 8.31. The molecule has 0 saturated carbocycles. The predicted molar refractivity (Wildman–Crippen MR) is 78.7 cm³/mol. The highest BCUT2D eigenvalue weighted by Gasteiger charge is 2.17. The van der Waals surface area contributed by atoms with Crippen molar-refractivity contribution in [2.24, 2.45) is 5.92 Å². The Morgan fingerprint density at radius 3 is 2.56 bits per heavy atom. The molecule has 0 N–H and O–H groups in total. The molecule has 3 nitrogen and oxygen atoms in total. The van der Waals surface area contributed by atoms with Crippen molar-refractivity contribution >= 4 is 33.2 Å². The maximum atomic E-state index is 10.8. The standard InChI is InChI=1S/C13H17BrClNO2/c1-8(2)4-11(14)6-10-7-12(15)13(16(17)18)5-9(10)3/h5,7-8,11H,4,6H2,1-3H3. The van der Waals surface area contributed by atoms with Crippen LogP contribution in [0.4, 0.5) is 5.69 Å². The molecule has 0 saturated heterocycles. The molecule has 100 valence electrons. The van der Waals surface area contributed by atoms with Gasteiger partial charge in [0.15, 0.2) is 0 Å². The SMILES string of the molecule is Cc1cc([N+](=O)[O-])c(Cl)cc1CC(Br)CC(C)C. The summed E-state index contributed by atoms with van der Waals surface area (Å²) >= 11 is 9.57. The van der Waals surface area contributed by atoms with E-state index in [1.165, 1.54) is 0 Å². The zero-order chi connectivity index (χ0) is 13.9. The Morgan fingerprint density at radius 2 is 2.06 bits per heavy atom. The normalized spacial score (nSPS) is 12.8. The molecular formula is C13H17BrClNO2. The van der Waals surface area contributed by atoms with Crippen LogP contribution in [0.2, 0.25) is 5.02 Å². The van der Waals surface area contributed by atoms with E-state index in [4.69, 9.17) is 11.6 Å². The van der Waals surface area contributed by atoms with Crippen molar-refractivity contribution in [2.45, 2.75) is 38.4 Å². The van der Waals surface area contributed by atoms with Crippen molar-refractivity contribution in [3.8, 4) is 0 Å². The van der Waals surface area contributed by atoms with Gasteiger partial charge in [-0.2, -0.15) is 0 Å². The smallest absolute Gasteiger partial charge is 0.258 e. The summed E-state index contributed by atoms with van der Waals surface area (Å²) in [6.45, 7) is 6.22. The average molecular weight is 335 g/mol. The maximum Gasteiger partial charge on any atom is 0.288 e. The minimum absolute atomic E-state index is 0.0205. The van der Waals surface area contributed by atoms with E-state index >= 15 is 0 Å². The van der Waals surface area contributed by atoms with Crippen LogP contribution in [0.25, 0.3) is 0 Å². The third-order valence-corrected chi connectivity index (χ3v) is 3.77. The van der Waals surface area contributed by atoms with Crippen molar-refractivity contribution < 1.29 is 4.92 Å². The highest BCUT2D eigenvalue weighted by Crippen LogP contribution is 2.29. The van der Waals surface area contributed by atoms with Gasteiger partial charge in [0.2, 0.25) is 0 Å². The fraction of sp³-hybridized carbons (Fsp3) is 0.538. The molecule has 0 aliphatic carbocycles. The van der Waals surface area contributed by atoms with Crippen LogP contribution < -0.4 is 0 Å². The number of nitro groups is 1. The Labute approximate surface area is 121 Å². The van der Waals surface area contributed by atoms with Gasteiger partial charge in [-0.25, -0.2) is 0 Å². The second kappa shape index (κ2) is 6.53. The summed E-state index contributed by atoms with van der Waals surface area (Å²) in [7, 11) is 0. The number of benzene rings is 1. The van der Waals surface area contributed by atoms with Gasteiger partial charge in [-0.05, 0) is 42.9 Å². The quantitative estimate of drug-likeness (QED) is 0.436. The Morgan fingerprint density at radius 1 is 1.44 bits per heavy atom. The van der Waals surface area contributed by atoms with Crippen molar-refractivity contribution in [2.75, 3.05) is 0 Å². The van der Waals surface area contributed by atoms with E-state index in [1.54, 1.807) is 12.1 Å². The van der Waals surface area contributed by atoms with Gasteiger partial charge in [0.1, 0.15) is 5.02 Å². The van der Waals surface area contributed by atoms with Gasteiger partial charge in [0, 0.05) is 10.9 Å². The number of halogens is 2. The topological polar surface area (TPSA) is 43.1 Å². The fourth-order valence-electron chi connectivity index (χ4n) is 1.90. The molecule has 0 aliphatic rings. The molecule has 18 heavy (non-hydrogen) atoms. The van der Waals surface area contributed by atoms with Gasteiger partial charge in [0.05, 0.1) is 4.92 Å². The monoisotopic (exact) mass is 333 g/mol. The zero-order valence-electron chi connectivity index (χ0n) is 10.7. The summed E-state index contributed by atoms with van der Waals surface area (Å²) in [6, 6.07) is 3.26. The highest BCUT2D eigenvalue weighted by atomic mass is 79.9. The maximum absolute atomic E-state index is 10.8. The summed E-state index contributed by atoms with van der Waals surface area (Å²) in [5.74, 6) is 0.614. The van der Waals surface area contributed by atoms with Crippen molar-refractivity contribution in [3.05, 3.63) is 38.4 Å². The average Bonchev–Trinajstić information content (AvgIpc) is 2.21. The molecule has 5 heteroatoms. The minimum Gasteiger partial charge on any atom is -0.258 e. The van der Waals surface area contributed by atoms with Crippen LogP contribution in [0, 0.1) is 23.0 Å². The molecule has 0 radical (unpaired) electrons. The van der Waals surface area contributed by atoms with Crippen LogP contribution in [-0.2, 0) is 6.42 Å². The lowest BCUT2D eigenvalue weighted by atomic mass is 9.99. The van der Waals surface area contributed by atoms with E-state index < -0.39 is 4.92 Å². The molecule has 1 rings (SSSR count). The van der Waals surface area contributed by atoms with Crippen LogP contribution in [0.5, 0.6) is 0 Å². The first-order valence-electron chi connectivity index (χ1n) is 5.88. The number of aryl methyl sites for hydroxylation is 1. The second-order valence-corrected chi connectivity index (χ2v) is 6.62. The van der Waals surface area contributed by atoms with Gasteiger partial charge < -0.3 is 0 Å². The van der Waals surface area contributed by atoms with Gasteiger partial charge >= 0.3 is 0 Å². The number of hydrogen-bond acceptors (Lipinski definition) is 2. The Balaban J connectivity index is 2.91. The number of alkyl halides is 1. The molecule has 1 aromatic carbocycles. The molecule has 0 fully saturated rings. The molecule has 0 bridgehead atoms. The number of nitrogens with zero attached hydrogens (tertiary/aromatic N) is 1. The minimum atomic E-state index is -0.446. The van der Waals surface area contributed by atoms with Crippen LogP contribution in [0.1, 0.15) is 31.4 Å². The van der Waals surface area contributed by atoms with E-state index in [0.29, 0.717) is 10.7 Å². The van der Waals surface area contributed by atoms with Crippen LogP contribution in [0.15, 0.2) is 12.1 Å². The lowest BCUT2D eigenvalue weighted by Crippen LogP contribution is -2.08. The summed E-state index contributed by atoms with van der Waals surface area (Å²) in [5, 5.41) is 11.0. The number of nitro benzene ring substituents is 1. The molecule has 0 spiro atoms. The van der Waals surface area contributed by atoms with Gasteiger partial charge in [-0.1, -0.05) is 41.4 Å². The summed E-state index contributed by atoms with van der Waals surface area (Å²) in [6.07, 6.45) is 1.90. The Kier molecular flexibility index (Phi) is 5.60. The predicted octanol–water partition coefficient (Wildman–Crippen LogP) is 4.91. The molecule has 0 heterocycles. The van der Waals surface area contributed by atoms with Crippen LogP contribution in [0.3, 0.4) is 0 Å². The first-order valence-corrected chi connectivity index (χ1v) is 7.18. The summed E-state index contributed by atoms with van der Waals surface area (Å²) in [4.78, 5) is 10.7. The summed E-state index contributed by atoms with van der Waals surface area (Å²) < 4.78 is 0. The van der Waals surface area contributed by atoms with E-state index in [2.05, 4.69) is 29.8 Å². The molecule has 0 aliphatic heterocycles.